The molecule has 13 heteroatoms. The molecule has 0 spiro atoms. The van der Waals surface area contributed by atoms with Gasteiger partial charge in [0.05, 0.1) is 18.3 Å². The number of aromatic nitrogens is 3. The Balaban J connectivity index is 1.54. The van der Waals surface area contributed by atoms with E-state index in [4.69, 9.17) is 0 Å². The number of carbonyl (C=O) groups excluding carboxylic acids is 2. The fraction of sp³-hybridized carbons (Fsp3) is 0.500. The third-order valence-electron chi connectivity index (χ3n) is 6.53. The summed E-state index contributed by atoms with van der Waals surface area (Å²) in [4.78, 5) is 51.7. The minimum atomic E-state index is -4.70. The number of fused-ring (bicyclic) bond motifs is 1. The van der Waals surface area contributed by atoms with Crippen LogP contribution in [0.2, 0.25) is 0 Å². The molecular formula is C24H27F3N6O4. The molecule has 10 nitrogen and oxygen atoms in total. The van der Waals surface area contributed by atoms with E-state index in [1.54, 1.807) is 17.0 Å². The summed E-state index contributed by atoms with van der Waals surface area (Å²) >= 11 is 0. The zero-order valence-corrected chi connectivity index (χ0v) is 20.2. The Morgan fingerprint density at radius 3 is 2.73 bits per heavy atom. The Hall–Kier alpha value is -3.77. The van der Waals surface area contributed by atoms with Gasteiger partial charge in [0.2, 0.25) is 11.8 Å². The SMILES string of the molecule is C[C@@H]1CCC(=O)N(C[C@H](CC(=O)N2CCc3c(nc(-c4cccnc4)nc3C(F)(F)F)C2)NC(=O)O)C1. The highest BCUT2D eigenvalue weighted by atomic mass is 19.4. The fourth-order valence-corrected chi connectivity index (χ4v) is 4.72. The number of halogens is 3. The largest absolute Gasteiger partial charge is 0.465 e. The lowest BCUT2D eigenvalue weighted by Crippen LogP contribution is -2.50. The van der Waals surface area contributed by atoms with Crippen molar-refractivity contribution < 1.29 is 32.7 Å². The van der Waals surface area contributed by atoms with Crippen LogP contribution in [0.15, 0.2) is 24.5 Å². The van der Waals surface area contributed by atoms with Crippen molar-refractivity contribution in [2.24, 2.45) is 5.92 Å². The summed E-state index contributed by atoms with van der Waals surface area (Å²) < 4.78 is 41.5. The Morgan fingerprint density at radius 2 is 2.05 bits per heavy atom. The summed E-state index contributed by atoms with van der Waals surface area (Å²) in [7, 11) is 0. The van der Waals surface area contributed by atoms with Crippen LogP contribution < -0.4 is 5.32 Å². The second kappa shape index (κ2) is 10.7. The summed E-state index contributed by atoms with van der Waals surface area (Å²) in [6.45, 7) is 2.33. The zero-order chi connectivity index (χ0) is 26.7. The molecule has 0 bridgehead atoms. The first-order valence-electron chi connectivity index (χ1n) is 11.9. The summed E-state index contributed by atoms with van der Waals surface area (Å²) in [5, 5.41) is 11.6. The van der Waals surface area contributed by atoms with Gasteiger partial charge in [-0.25, -0.2) is 14.8 Å². The Labute approximate surface area is 210 Å². The van der Waals surface area contributed by atoms with Crippen LogP contribution in [0.1, 0.15) is 43.1 Å². The van der Waals surface area contributed by atoms with Gasteiger partial charge in [-0.05, 0) is 30.9 Å². The molecular weight excluding hydrogens is 493 g/mol. The molecule has 4 heterocycles. The van der Waals surface area contributed by atoms with Crippen molar-refractivity contribution >= 4 is 17.9 Å². The van der Waals surface area contributed by atoms with Crippen LogP contribution in [0, 0.1) is 5.92 Å². The van der Waals surface area contributed by atoms with Crippen molar-refractivity contribution in [2.45, 2.75) is 51.4 Å². The van der Waals surface area contributed by atoms with E-state index >= 15 is 0 Å². The van der Waals surface area contributed by atoms with Crippen molar-refractivity contribution in [3.8, 4) is 11.4 Å². The molecule has 2 aliphatic rings. The van der Waals surface area contributed by atoms with Crippen molar-refractivity contribution in [3.05, 3.63) is 41.5 Å². The van der Waals surface area contributed by atoms with Gasteiger partial charge in [0.15, 0.2) is 11.5 Å². The standard InChI is InChI=1S/C24H27F3N6O4/c1-14-4-5-19(34)33(11-14)12-16(29-23(36)37)9-20(35)32-8-6-17-18(13-32)30-22(15-3-2-7-28-10-15)31-21(17)24(25,26)27/h2-3,7,10,14,16,29H,4-6,8-9,11-13H2,1H3,(H,36,37)/t14-,16+/m1/s1. The number of carboxylic acid groups (broad SMARTS) is 1. The second-order valence-corrected chi connectivity index (χ2v) is 9.42. The third-order valence-corrected chi connectivity index (χ3v) is 6.53. The molecule has 2 N–H and O–H groups in total. The topological polar surface area (TPSA) is 129 Å². The molecule has 2 aliphatic heterocycles. The van der Waals surface area contributed by atoms with Crippen LogP contribution in [-0.4, -0.2) is 73.4 Å². The monoisotopic (exact) mass is 520 g/mol. The van der Waals surface area contributed by atoms with Gasteiger partial charge >= 0.3 is 12.3 Å². The van der Waals surface area contributed by atoms with Crippen molar-refractivity contribution in [1.29, 1.82) is 0 Å². The quantitative estimate of drug-likeness (QED) is 0.599. The summed E-state index contributed by atoms with van der Waals surface area (Å²) in [6, 6.07) is 2.25. The van der Waals surface area contributed by atoms with E-state index in [9.17, 15) is 32.7 Å². The first-order valence-corrected chi connectivity index (χ1v) is 11.9. The molecule has 198 valence electrons. The van der Waals surface area contributed by atoms with E-state index in [-0.39, 0.29) is 61.4 Å². The first-order chi connectivity index (χ1) is 17.5. The molecule has 0 aliphatic carbocycles. The molecule has 0 saturated carbocycles. The number of nitrogens with zero attached hydrogens (tertiary/aromatic N) is 5. The maximum Gasteiger partial charge on any atom is 0.433 e. The van der Waals surface area contributed by atoms with E-state index in [1.165, 1.54) is 17.3 Å². The van der Waals surface area contributed by atoms with Gasteiger partial charge in [0.1, 0.15) is 0 Å². The van der Waals surface area contributed by atoms with Crippen molar-refractivity contribution in [1.82, 2.24) is 30.1 Å². The number of alkyl halides is 3. The van der Waals surface area contributed by atoms with Crippen molar-refractivity contribution in [3.63, 3.8) is 0 Å². The molecule has 4 rings (SSSR count). The normalized spacial score (nSPS) is 18.8. The van der Waals surface area contributed by atoms with Crippen LogP contribution in [0.25, 0.3) is 11.4 Å². The van der Waals surface area contributed by atoms with Crippen LogP contribution in [0.3, 0.4) is 0 Å². The highest BCUT2D eigenvalue weighted by Gasteiger charge is 2.39. The van der Waals surface area contributed by atoms with E-state index in [1.807, 2.05) is 6.92 Å². The predicted octanol–water partition coefficient (Wildman–Crippen LogP) is 2.73. The predicted molar refractivity (Wildman–Crippen MR) is 124 cm³/mol. The van der Waals surface area contributed by atoms with Gasteiger partial charge in [0.25, 0.3) is 0 Å². The van der Waals surface area contributed by atoms with Crippen LogP contribution in [-0.2, 0) is 28.7 Å². The maximum absolute atomic E-state index is 13.8. The number of piperidine rings is 1. The van der Waals surface area contributed by atoms with Crippen LogP contribution in [0.5, 0.6) is 0 Å². The smallest absolute Gasteiger partial charge is 0.433 e. The number of amides is 3. The molecule has 2 atom stereocenters. The number of rotatable bonds is 6. The average molecular weight is 521 g/mol. The lowest BCUT2D eigenvalue weighted by molar-refractivity contribution is -0.142. The highest BCUT2D eigenvalue weighted by Crippen LogP contribution is 2.35. The average Bonchev–Trinajstić information content (AvgIpc) is 2.84. The summed E-state index contributed by atoms with van der Waals surface area (Å²) in [5.74, 6) is -0.434. The molecule has 0 aromatic carbocycles. The van der Waals surface area contributed by atoms with Gasteiger partial charge < -0.3 is 20.2 Å². The highest BCUT2D eigenvalue weighted by molar-refractivity contribution is 5.79. The number of nitrogens with one attached hydrogen (secondary N) is 1. The van der Waals surface area contributed by atoms with Crippen LogP contribution in [0.4, 0.5) is 18.0 Å². The van der Waals surface area contributed by atoms with Gasteiger partial charge in [-0.2, -0.15) is 13.2 Å². The van der Waals surface area contributed by atoms with E-state index in [0.29, 0.717) is 18.5 Å². The number of pyridine rings is 1. The molecule has 0 unspecified atom stereocenters. The van der Waals surface area contributed by atoms with Gasteiger partial charge in [0, 0.05) is 56.0 Å². The summed E-state index contributed by atoms with van der Waals surface area (Å²) in [5.41, 5.74) is -0.696. The van der Waals surface area contributed by atoms with Gasteiger partial charge in [-0.3, -0.25) is 14.6 Å². The first kappa shape index (κ1) is 26.3. The molecule has 2 aromatic heterocycles. The van der Waals surface area contributed by atoms with E-state index in [0.717, 1.165) is 6.42 Å². The zero-order valence-electron chi connectivity index (χ0n) is 20.2. The Bertz CT molecular complexity index is 1180. The van der Waals surface area contributed by atoms with E-state index in [2.05, 4.69) is 20.3 Å². The van der Waals surface area contributed by atoms with E-state index < -0.39 is 29.9 Å². The molecule has 3 amide bonds. The third kappa shape index (κ3) is 6.33. The number of hydrogen-bond acceptors (Lipinski definition) is 6. The van der Waals surface area contributed by atoms with Gasteiger partial charge in [-0.1, -0.05) is 6.92 Å². The minimum absolute atomic E-state index is 0.00395. The van der Waals surface area contributed by atoms with Crippen LogP contribution >= 0.6 is 0 Å². The van der Waals surface area contributed by atoms with Gasteiger partial charge in [-0.15, -0.1) is 0 Å². The van der Waals surface area contributed by atoms with Crippen molar-refractivity contribution in [2.75, 3.05) is 19.6 Å². The second-order valence-electron chi connectivity index (χ2n) is 9.42. The number of hydrogen-bond donors (Lipinski definition) is 2. The minimum Gasteiger partial charge on any atom is -0.465 e. The molecule has 1 saturated heterocycles. The fourth-order valence-electron chi connectivity index (χ4n) is 4.72. The Kier molecular flexibility index (Phi) is 7.60. The summed E-state index contributed by atoms with van der Waals surface area (Å²) in [6.07, 6.45) is -2.42. The molecule has 37 heavy (non-hydrogen) atoms. The maximum atomic E-state index is 13.8. The Morgan fingerprint density at radius 1 is 1.27 bits per heavy atom. The number of likely N-dealkylation sites (tertiary alicyclic amines) is 1. The molecule has 1 fully saturated rings. The molecule has 2 aromatic rings. The molecule has 0 radical (unpaired) electrons. The lowest BCUT2D eigenvalue weighted by atomic mass is 9.98. The number of carbonyl (C=O) groups is 3. The lowest BCUT2D eigenvalue weighted by Gasteiger charge is -2.35.